The number of likely N-dealkylation sites (N-methyl/N-ethyl adjacent to an activating group) is 1. The molecule has 0 aliphatic carbocycles. The molecule has 1 fully saturated rings. The maximum atomic E-state index is 12.9. The Morgan fingerprint density at radius 2 is 1.90 bits per heavy atom. The Morgan fingerprint density at radius 3 is 2.55 bits per heavy atom. The Kier molecular flexibility index (Phi) is 5.34. The lowest BCUT2D eigenvalue weighted by atomic mass is 10.1. The molecule has 2 aliphatic heterocycles. The summed E-state index contributed by atoms with van der Waals surface area (Å²) in [5.74, 6) is -0.414. The van der Waals surface area contributed by atoms with Gasteiger partial charge in [-0.15, -0.1) is 0 Å². The number of benzene rings is 1. The van der Waals surface area contributed by atoms with E-state index in [1.54, 1.807) is 75.7 Å². The predicted octanol–water partition coefficient (Wildman–Crippen LogP) is 2.48. The second-order valence-electron chi connectivity index (χ2n) is 8.94. The first-order chi connectivity index (χ1) is 13.4. The minimum Gasteiger partial charge on any atom is -0.444 e. The van der Waals surface area contributed by atoms with Crippen molar-refractivity contribution in [3.8, 4) is 0 Å². The summed E-state index contributed by atoms with van der Waals surface area (Å²) in [7, 11) is 1.61. The summed E-state index contributed by atoms with van der Waals surface area (Å²) in [6.07, 6.45) is -0.492. The molecule has 158 valence electrons. The van der Waals surface area contributed by atoms with Gasteiger partial charge < -0.3 is 19.3 Å². The number of fused-ring (bicyclic) bond motifs is 1. The van der Waals surface area contributed by atoms with Crippen LogP contribution in [0.2, 0.25) is 0 Å². The van der Waals surface area contributed by atoms with Crippen LogP contribution >= 0.6 is 0 Å². The molecule has 8 nitrogen and oxygen atoms in total. The summed E-state index contributed by atoms with van der Waals surface area (Å²) in [4.78, 5) is 43.0. The monoisotopic (exact) mass is 403 g/mol. The topological polar surface area (TPSA) is 79.4 Å². The highest BCUT2D eigenvalue weighted by atomic mass is 16.6. The molecule has 3 amide bonds. The van der Waals surface area contributed by atoms with E-state index in [9.17, 15) is 14.4 Å². The maximum absolute atomic E-state index is 12.9. The zero-order valence-electron chi connectivity index (χ0n) is 17.9. The van der Waals surface area contributed by atoms with E-state index in [1.807, 2.05) is 0 Å². The number of nitrogens with zero attached hydrogens (tertiary/aromatic N) is 3. The van der Waals surface area contributed by atoms with Gasteiger partial charge in [0, 0.05) is 13.6 Å². The first-order valence-corrected chi connectivity index (χ1v) is 9.72. The fourth-order valence-corrected chi connectivity index (χ4v) is 3.70. The van der Waals surface area contributed by atoms with Gasteiger partial charge in [-0.25, -0.2) is 4.79 Å². The Bertz CT molecular complexity index is 830. The molecule has 1 saturated heterocycles. The van der Waals surface area contributed by atoms with Crippen LogP contribution in [0.15, 0.2) is 24.3 Å². The van der Waals surface area contributed by atoms with E-state index in [0.717, 1.165) is 0 Å². The number of carbonyl (C=O) groups excluding carboxylic acids is 3. The predicted molar refractivity (Wildman–Crippen MR) is 108 cm³/mol. The molecule has 29 heavy (non-hydrogen) atoms. The lowest BCUT2D eigenvalue weighted by Gasteiger charge is -2.36. The Balaban J connectivity index is 1.93. The second kappa shape index (κ2) is 7.33. The molecule has 0 aromatic heterocycles. The van der Waals surface area contributed by atoms with Crippen molar-refractivity contribution in [1.29, 1.82) is 0 Å². The number of rotatable bonds is 2. The highest BCUT2D eigenvalue weighted by Gasteiger charge is 2.47. The van der Waals surface area contributed by atoms with Crippen molar-refractivity contribution < 1.29 is 23.9 Å². The summed E-state index contributed by atoms with van der Waals surface area (Å²) < 4.78 is 11.4. The lowest BCUT2D eigenvalue weighted by Crippen LogP contribution is -2.54. The number of hydrogen-bond acceptors (Lipinski definition) is 5. The van der Waals surface area contributed by atoms with Gasteiger partial charge in [-0.1, -0.05) is 12.1 Å². The number of anilines is 1. The lowest BCUT2D eigenvalue weighted by molar-refractivity contribution is -0.119. The van der Waals surface area contributed by atoms with Gasteiger partial charge in [0.05, 0.1) is 23.9 Å². The van der Waals surface area contributed by atoms with Gasteiger partial charge in [0.1, 0.15) is 17.9 Å². The van der Waals surface area contributed by atoms with Gasteiger partial charge in [0.2, 0.25) is 5.91 Å². The Hall–Kier alpha value is -2.61. The number of carbonyl (C=O) groups is 3. The molecule has 0 unspecified atom stereocenters. The summed E-state index contributed by atoms with van der Waals surface area (Å²) >= 11 is 0. The number of amides is 3. The van der Waals surface area contributed by atoms with E-state index < -0.39 is 23.5 Å². The van der Waals surface area contributed by atoms with Crippen LogP contribution in [-0.4, -0.2) is 71.8 Å². The van der Waals surface area contributed by atoms with Crippen molar-refractivity contribution >= 4 is 23.6 Å². The Morgan fingerprint density at radius 1 is 1.24 bits per heavy atom. The van der Waals surface area contributed by atoms with Gasteiger partial charge in [0.15, 0.2) is 0 Å². The highest BCUT2D eigenvalue weighted by molar-refractivity contribution is 6.09. The molecule has 0 spiro atoms. The molecule has 2 heterocycles. The van der Waals surface area contributed by atoms with E-state index in [-0.39, 0.29) is 31.5 Å². The Labute approximate surface area is 171 Å². The van der Waals surface area contributed by atoms with Crippen molar-refractivity contribution in [1.82, 2.24) is 9.80 Å². The minimum atomic E-state index is -0.867. The van der Waals surface area contributed by atoms with Crippen LogP contribution in [0.1, 0.15) is 45.0 Å². The molecule has 3 rings (SSSR count). The van der Waals surface area contributed by atoms with Crippen molar-refractivity contribution in [2.75, 3.05) is 31.6 Å². The average Bonchev–Trinajstić information content (AvgIpc) is 2.87. The maximum Gasteiger partial charge on any atom is 0.412 e. The summed E-state index contributed by atoms with van der Waals surface area (Å²) in [5.41, 5.74) is -0.516. The summed E-state index contributed by atoms with van der Waals surface area (Å²) in [6, 6.07) is 6.62. The quantitative estimate of drug-likeness (QED) is 0.758. The zero-order chi connectivity index (χ0) is 21.6. The van der Waals surface area contributed by atoms with Crippen LogP contribution < -0.4 is 4.90 Å². The molecule has 1 aromatic rings. The highest BCUT2D eigenvalue weighted by Crippen LogP contribution is 2.32. The van der Waals surface area contributed by atoms with Crippen LogP contribution in [0.5, 0.6) is 0 Å². The third kappa shape index (κ3) is 4.22. The number of ether oxygens (including phenoxy) is 2. The van der Waals surface area contributed by atoms with Crippen molar-refractivity contribution in [2.45, 2.75) is 52.0 Å². The van der Waals surface area contributed by atoms with Crippen molar-refractivity contribution in [3.63, 3.8) is 0 Å². The third-order valence-corrected chi connectivity index (χ3v) is 5.00. The third-order valence-electron chi connectivity index (χ3n) is 5.00. The number of para-hydroxylation sites is 1. The molecule has 0 saturated carbocycles. The van der Waals surface area contributed by atoms with E-state index in [2.05, 4.69) is 0 Å². The van der Waals surface area contributed by atoms with Crippen LogP contribution in [0.3, 0.4) is 0 Å². The molecule has 1 atom stereocenters. The first kappa shape index (κ1) is 21.1. The van der Waals surface area contributed by atoms with E-state index in [4.69, 9.17) is 9.47 Å². The van der Waals surface area contributed by atoms with Crippen LogP contribution in [0, 0.1) is 0 Å². The normalized spacial score (nSPS) is 21.9. The van der Waals surface area contributed by atoms with Gasteiger partial charge in [-0.05, 0) is 46.8 Å². The molecule has 0 bridgehead atoms. The minimum absolute atomic E-state index is 0.0308. The smallest absolute Gasteiger partial charge is 0.412 e. The standard InChI is InChI=1S/C21H29N3O5/c1-20(2,3)29-19(27)24-14(13-28-21(24,4)5)11-23-16-10-8-7-9-15(16)18(26)22(6)12-17(23)25/h7-10,14H,11-13H2,1-6H3/t14-/m1/s1. The molecule has 0 N–H and O–H groups in total. The number of hydrogen-bond donors (Lipinski definition) is 0. The van der Waals surface area contributed by atoms with Gasteiger partial charge >= 0.3 is 6.09 Å². The van der Waals surface area contributed by atoms with Crippen LogP contribution in [0.4, 0.5) is 10.5 Å². The molecular weight excluding hydrogens is 374 g/mol. The SMILES string of the molecule is CN1CC(=O)N(C[C@@H]2COC(C)(C)N2C(=O)OC(C)(C)C)c2ccccc2C1=O. The van der Waals surface area contributed by atoms with Crippen molar-refractivity contribution in [3.05, 3.63) is 29.8 Å². The largest absolute Gasteiger partial charge is 0.444 e. The summed E-state index contributed by atoms with van der Waals surface area (Å²) in [5, 5.41) is 0. The zero-order valence-corrected chi connectivity index (χ0v) is 17.9. The molecular formula is C21H29N3O5. The molecule has 0 radical (unpaired) electrons. The summed E-state index contributed by atoms with van der Waals surface area (Å²) in [6.45, 7) is 9.46. The first-order valence-electron chi connectivity index (χ1n) is 9.72. The van der Waals surface area contributed by atoms with E-state index in [0.29, 0.717) is 11.3 Å². The molecule has 2 aliphatic rings. The van der Waals surface area contributed by atoms with Gasteiger partial charge in [-0.3, -0.25) is 14.5 Å². The second-order valence-corrected chi connectivity index (χ2v) is 8.94. The van der Waals surface area contributed by atoms with Crippen LogP contribution in [-0.2, 0) is 14.3 Å². The van der Waals surface area contributed by atoms with Gasteiger partial charge in [0.25, 0.3) is 5.91 Å². The van der Waals surface area contributed by atoms with Gasteiger partial charge in [-0.2, -0.15) is 0 Å². The molecule has 1 aromatic carbocycles. The molecule has 8 heteroatoms. The van der Waals surface area contributed by atoms with E-state index in [1.165, 1.54) is 4.90 Å². The van der Waals surface area contributed by atoms with Crippen LogP contribution in [0.25, 0.3) is 0 Å². The van der Waals surface area contributed by atoms with E-state index >= 15 is 0 Å². The van der Waals surface area contributed by atoms with Crippen molar-refractivity contribution in [2.24, 2.45) is 0 Å². The fraction of sp³-hybridized carbons (Fsp3) is 0.571. The average molecular weight is 403 g/mol. The fourth-order valence-electron chi connectivity index (χ4n) is 3.70.